The fraction of sp³-hybridized carbons (Fsp3) is 0.632. The van der Waals surface area contributed by atoms with Crippen LogP contribution >= 0.6 is 0 Å². The van der Waals surface area contributed by atoms with Gasteiger partial charge in [0.25, 0.3) is 0 Å². The van der Waals surface area contributed by atoms with E-state index in [1.165, 1.54) is 0 Å². The van der Waals surface area contributed by atoms with Crippen LogP contribution in [0.5, 0.6) is 5.75 Å². The van der Waals surface area contributed by atoms with Crippen LogP contribution in [0.2, 0.25) is 0 Å². The molecule has 1 amide bonds. The van der Waals surface area contributed by atoms with Crippen molar-refractivity contribution in [2.24, 2.45) is 0 Å². The van der Waals surface area contributed by atoms with E-state index in [2.05, 4.69) is 36.0 Å². The largest absolute Gasteiger partial charge is 0.494 e. The van der Waals surface area contributed by atoms with E-state index in [1.54, 1.807) is 0 Å². The van der Waals surface area contributed by atoms with Gasteiger partial charge in [0, 0.05) is 31.2 Å². The molecule has 1 aliphatic rings. The van der Waals surface area contributed by atoms with E-state index in [1.807, 2.05) is 31.2 Å². The minimum Gasteiger partial charge on any atom is -0.494 e. The lowest BCUT2D eigenvalue weighted by Crippen LogP contribution is -2.53. The van der Waals surface area contributed by atoms with Gasteiger partial charge in [0.15, 0.2) is 0 Å². The molecule has 1 aromatic carbocycles. The van der Waals surface area contributed by atoms with Gasteiger partial charge in [0.2, 0.25) is 5.91 Å². The van der Waals surface area contributed by atoms with E-state index in [-0.39, 0.29) is 11.9 Å². The van der Waals surface area contributed by atoms with Gasteiger partial charge in [-0.2, -0.15) is 0 Å². The third-order valence-corrected chi connectivity index (χ3v) is 4.65. The standard InChI is InChI=1S/C19H31N3O2/c1-5-17(16-9-7-8-10-18(16)24-6-2)20-19(23)14-22-12-11-21(4)13-15(22)3/h7-10,15,17H,5-6,11-14H2,1-4H3,(H,20,23)/t15-,17-/m1/s1. The first kappa shape index (κ1) is 18.7. The molecule has 24 heavy (non-hydrogen) atoms. The van der Waals surface area contributed by atoms with Gasteiger partial charge in [-0.25, -0.2) is 0 Å². The summed E-state index contributed by atoms with van der Waals surface area (Å²) >= 11 is 0. The second kappa shape index (κ2) is 9.04. The highest BCUT2D eigenvalue weighted by molar-refractivity contribution is 5.78. The van der Waals surface area contributed by atoms with Crippen LogP contribution in [0.4, 0.5) is 0 Å². The maximum Gasteiger partial charge on any atom is 0.234 e. The maximum absolute atomic E-state index is 12.5. The van der Waals surface area contributed by atoms with Gasteiger partial charge < -0.3 is 15.0 Å². The van der Waals surface area contributed by atoms with Crippen LogP contribution in [-0.4, -0.2) is 61.6 Å². The molecule has 1 heterocycles. The highest BCUT2D eigenvalue weighted by Crippen LogP contribution is 2.27. The second-order valence-corrected chi connectivity index (χ2v) is 6.58. The average Bonchev–Trinajstić information content (AvgIpc) is 2.56. The maximum atomic E-state index is 12.5. The molecular formula is C19H31N3O2. The summed E-state index contributed by atoms with van der Waals surface area (Å²) in [5.41, 5.74) is 1.06. The van der Waals surface area contributed by atoms with E-state index in [0.29, 0.717) is 19.2 Å². The van der Waals surface area contributed by atoms with Crippen LogP contribution < -0.4 is 10.1 Å². The van der Waals surface area contributed by atoms with Crippen molar-refractivity contribution in [2.45, 2.75) is 39.3 Å². The number of nitrogens with zero attached hydrogens (tertiary/aromatic N) is 2. The molecule has 0 aromatic heterocycles. The minimum atomic E-state index is -0.0111. The van der Waals surface area contributed by atoms with Crippen molar-refractivity contribution in [3.05, 3.63) is 29.8 Å². The molecule has 0 radical (unpaired) electrons. The van der Waals surface area contributed by atoms with Crippen molar-refractivity contribution in [1.29, 1.82) is 0 Å². The highest BCUT2D eigenvalue weighted by atomic mass is 16.5. The molecule has 2 atom stereocenters. The summed E-state index contributed by atoms with van der Waals surface area (Å²) < 4.78 is 5.71. The molecule has 0 aliphatic carbocycles. The summed E-state index contributed by atoms with van der Waals surface area (Å²) in [6.07, 6.45) is 0.841. The number of hydrogen-bond acceptors (Lipinski definition) is 4. The number of carbonyl (C=O) groups is 1. The quantitative estimate of drug-likeness (QED) is 0.831. The van der Waals surface area contributed by atoms with E-state index in [0.717, 1.165) is 37.4 Å². The molecule has 2 rings (SSSR count). The Hall–Kier alpha value is -1.59. The molecule has 0 bridgehead atoms. The normalized spacial score (nSPS) is 20.6. The Morgan fingerprint density at radius 3 is 2.75 bits per heavy atom. The molecule has 1 saturated heterocycles. The fourth-order valence-corrected chi connectivity index (χ4v) is 3.29. The third-order valence-electron chi connectivity index (χ3n) is 4.65. The predicted molar refractivity (Wildman–Crippen MR) is 97.3 cm³/mol. The number of ether oxygens (including phenoxy) is 1. The van der Waals surface area contributed by atoms with E-state index < -0.39 is 0 Å². The first-order chi connectivity index (χ1) is 11.5. The Balaban J connectivity index is 1.98. The van der Waals surface area contributed by atoms with Crippen molar-refractivity contribution in [3.8, 4) is 5.75 Å². The molecule has 1 aliphatic heterocycles. The van der Waals surface area contributed by atoms with Gasteiger partial charge in [-0.15, -0.1) is 0 Å². The summed E-state index contributed by atoms with van der Waals surface area (Å²) in [6, 6.07) is 8.37. The smallest absolute Gasteiger partial charge is 0.234 e. The second-order valence-electron chi connectivity index (χ2n) is 6.58. The lowest BCUT2D eigenvalue weighted by atomic mass is 10.0. The summed E-state index contributed by atoms with van der Waals surface area (Å²) in [6.45, 7) is 10.3. The Bertz CT molecular complexity index is 535. The number of nitrogens with one attached hydrogen (secondary N) is 1. The minimum absolute atomic E-state index is 0.0111. The van der Waals surface area contributed by atoms with Crippen LogP contribution in [0.15, 0.2) is 24.3 Å². The Labute approximate surface area is 146 Å². The zero-order valence-electron chi connectivity index (χ0n) is 15.4. The van der Waals surface area contributed by atoms with E-state index >= 15 is 0 Å². The Morgan fingerprint density at radius 1 is 1.33 bits per heavy atom. The van der Waals surface area contributed by atoms with E-state index in [4.69, 9.17) is 4.74 Å². The number of carbonyl (C=O) groups excluding carboxylic acids is 1. The SMILES string of the molecule is CCOc1ccccc1[C@@H](CC)NC(=O)CN1CCN(C)C[C@H]1C. The summed E-state index contributed by atoms with van der Waals surface area (Å²) in [7, 11) is 2.13. The van der Waals surface area contributed by atoms with Crippen LogP contribution in [-0.2, 0) is 4.79 Å². The zero-order valence-corrected chi connectivity index (χ0v) is 15.4. The molecular weight excluding hydrogens is 302 g/mol. The topological polar surface area (TPSA) is 44.8 Å². The predicted octanol–water partition coefficient (Wildman–Crippen LogP) is 2.29. The van der Waals surface area contributed by atoms with Gasteiger partial charge >= 0.3 is 0 Å². The van der Waals surface area contributed by atoms with Crippen LogP contribution in [0.25, 0.3) is 0 Å². The van der Waals surface area contributed by atoms with Crippen molar-refractivity contribution >= 4 is 5.91 Å². The summed E-state index contributed by atoms with van der Waals surface area (Å²) in [5.74, 6) is 0.949. The van der Waals surface area contributed by atoms with Crippen LogP contribution in [0, 0.1) is 0 Å². The van der Waals surface area contributed by atoms with Crippen molar-refractivity contribution < 1.29 is 9.53 Å². The Kier molecular flexibility index (Phi) is 7.06. The monoisotopic (exact) mass is 333 g/mol. The molecule has 0 spiro atoms. The molecule has 1 aromatic rings. The number of piperazine rings is 1. The van der Waals surface area contributed by atoms with Gasteiger partial charge in [0.05, 0.1) is 19.2 Å². The van der Waals surface area contributed by atoms with Gasteiger partial charge in [0.1, 0.15) is 5.75 Å². The van der Waals surface area contributed by atoms with Crippen molar-refractivity contribution in [3.63, 3.8) is 0 Å². The fourth-order valence-electron chi connectivity index (χ4n) is 3.29. The summed E-state index contributed by atoms with van der Waals surface area (Å²) in [5, 5.41) is 3.19. The van der Waals surface area contributed by atoms with Gasteiger partial charge in [-0.3, -0.25) is 9.69 Å². The summed E-state index contributed by atoms with van der Waals surface area (Å²) in [4.78, 5) is 17.1. The molecule has 5 heteroatoms. The number of amides is 1. The van der Waals surface area contributed by atoms with Gasteiger partial charge in [-0.1, -0.05) is 25.1 Å². The molecule has 5 nitrogen and oxygen atoms in total. The number of benzene rings is 1. The van der Waals surface area contributed by atoms with Crippen molar-refractivity contribution in [2.75, 3.05) is 39.8 Å². The first-order valence-electron chi connectivity index (χ1n) is 8.98. The van der Waals surface area contributed by atoms with Crippen molar-refractivity contribution in [1.82, 2.24) is 15.1 Å². The number of hydrogen-bond donors (Lipinski definition) is 1. The lowest BCUT2D eigenvalue weighted by molar-refractivity contribution is -0.124. The Morgan fingerprint density at radius 2 is 2.08 bits per heavy atom. The molecule has 1 fully saturated rings. The highest BCUT2D eigenvalue weighted by Gasteiger charge is 2.24. The number of para-hydroxylation sites is 1. The van der Waals surface area contributed by atoms with Crippen LogP contribution in [0.1, 0.15) is 38.8 Å². The van der Waals surface area contributed by atoms with Gasteiger partial charge in [-0.05, 0) is 33.4 Å². The lowest BCUT2D eigenvalue weighted by Gasteiger charge is -2.37. The number of likely N-dealkylation sites (N-methyl/N-ethyl adjacent to an activating group) is 1. The molecule has 1 N–H and O–H groups in total. The molecule has 0 unspecified atom stereocenters. The molecule has 0 saturated carbocycles. The first-order valence-corrected chi connectivity index (χ1v) is 8.98. The van der Waals surface area contributed by atoms with E-state index in [9.17, 15) is 4.79 Å². The van der Waals surface area contributed by atoms with Crippen LogP contribution in [0.3, 0.4) is 0 Å². The zero-order chi connectivity index (χ0) is 17.5. The molecule has 134 valence electrons. The number of rotatable bonds is 7. The average molecular weight is 333 g/mol. The third kappa shape index (κ3) is 4.95.